The number of aromatic amines is 1. The smallest absolute Gasteiger partial charge is 0.272 e. The summed E-state index contributed by atoms with van der Waals surface area (Å²) in [6, 6.07) is 16.3. The third-order valence-electron chi connectivity index (χ3n) is 7.09. The zero-order valence-electron chi connectivity index (χ0n) is 22.5. The molecule has 0 spiro atoms. The zero-order valence-corrected chi connectivity index (χ0v) is 22.5. The Morgan fingerprint density at radius 1 is 1.05 bits per heavy atom. The maximum Gasteiger partial charge on any atom is 0.272 e. The van der Waals surface area contributed by atoms with Crippen molar-refractivity contribution in [3.05, 3.63) is 65.9 Å². The molecular weight excluding hydrogens is 512 g/mol. The molecule has 5 rings (SSSR count). The van der Waals surface area contributed by atoms with Gasteiger partial charge in [-0.05, 0) is 54.7 Å². The highest BCUT2D eigenvalue weighted by atomic mass is 16.5. The van der Waals surface area contributed by atoms with Crippen LogP contribution in [0.2, 0.25) is 0 Å². The van der Waals surface area contributed by atoms with Gasteiger partial charge in [-0.1, -0.05) is 54.3 Å². The van der Waals surface area contributed by atoms with Crippen LogP contribution in [-0.4, -0.2) is 62.5 Å². The molecule has 0 bridgehead atoms. The van der Waals surface area contributed by atoms with E-state index in [1.165, 1.54) is 0 Å². The van der Waals surface area contributed by atoms with Gasteiger partial charge in [0.05, 0.1) is 31.5 Å². The van der Waals surface area contributed by atoms with Crippen molar-refractivity contribution in [1.29, 1.82) is 0 Å². The third-order valence-corrected chi connectivity index (χ3v) is 7.09. The van der Waals surface area contributed by atoms with Crippen molar-refractivity contribution in [3.8, 4) is 22.8 Å². The van der Waals surface area contributed by atoms with Gasteiger partial charge in [0.1, 0.15) is 17.5 Å². The Hall–Kier alpha value is -4.74. The van der Waals surface area contributed by atoms with E-state index in [9.17, 15) is 9.59 Å². The Balaban J connectivity index is 1.45. The first-order valence-corrected chi connectivity index (χ1v) is 13.3. The highest BCUT2D eigenvalue weighted by molar-refractivity contribution is 6.00. The van der Waals surface area contributed by atoms with Gasteiger partial charge in [-0.2, -0.15) is 10.3 Å². The summed E-state index contributed by atoms with van der Waals surface area (Å²) in [7, 11) is 3.20. The summed E-state index contributed by atoms with van der Waals surface area (Å²) in [4.78, 5) is 26.8. The number of rotatable bonds is 11. The number of hydrogen-bond donors (Lipinski definition) is 3. The van der Waals surface area contributed by atoms with Crippen molar-refractivity contribution in [2.24, 2.45) is 0 Å². The molecule has 2 aromatic heterocycles. The fourth-order valence-corrected chi connectivity index (χ4v) is 5.09. The van der Waals surface area contributed by atoms with Gasteiger partial charge in [-0.15, -0.1) is 5.10 Å². The maximum atomic E-state index is 13.6. The van der Waals surface area contributed by atoms with Crippen molar-refractivity contribution in [3.63, 3.8) is 0 Å². The number of aryl methyl sites for hydroxylation is 1. The minimum Gasteiger partial charge on any atom is -0.496 e. The lowest BCUT2D eigenvalue weighted by Crippen LogP contribution is -2.44. The Bertz CT molecular complexity index is 1410. The number of benzene rings is 2. The topological polar surface area (TPSA) is 149 Å². The molecular formula is C28H32N8O4. The second-order valence-corrected chi connectivity index (χ2v) is 9.61. The number of ether oxygens (including phenoxy) is 2. The predicted octanol–water partition coefficient (Wildman–Crippen LogP) is 3.57. The molecule has 208 valence electrons. The van der Waals surface area contributed by atoms with Crippen molar-refractivity contribution in [1.82, 2.24) is 35.7 Å². The van der Waals surface area contributed by atoms with Crippen LogP contribution < -0.4 is 20.1 Å². The van der Waals surface area contributed by atoms with Crippen LogP contribution in [0.15, 0.2) is 54.6 Å². The number of carbonyl (C=O) groups is 2. The monoisotopic (exact) mass is 544 g/mol. The quantitative estimate of drug-likeness (QED) is 0.259. The van der Waals surface area contributed by atoms with Crippen LogP contribution >= 0.6 is 0 Å². The molecule has 1 atom stereocenters. The molecule has 2 heterocycles. The Morgan fingerprint density at radius 2 is 1.77 bits per heavy atom. The van der Waals surface area contributed by atoms with Crippen LogP contribution in [0.4, 0.5) is 5.95 Å². The van der Waals surface area contributed by atoms with Gasteiger partial charge in [0.25, 0.3) is 11.9 Å². The van der Waals surface area contributed by atoms with E-state index in [0.29, 0.717) is 24.3 Å². The van der Waals surface area contributed by atoms with Crippen LogP contribution in [0.5, 0.6) is 11.5 Å². The number of amides is 2. The molecule has 2 aromatic carbocycles. The Labute approximate surface area is 231 Å². The fourth-order valence-electron chi connectivity index (χ4n) is 5.09. The lowest BCUT2D eigenvalue weighted by molar-refractivity contribution is -0.118. The van der Waals surface area contributed by atoms with Gasteiger partial charge >= 0.3 is 0 Å². The molecule has 40 heavy (non-hydrogen) atoms. The van der Waals surface area contributed by atoms with Crippen molar-refractivity contribution < 1.29 is 19.1 Å². The average Bonchev–Trinajstić information content (AvgIpc) is 3.77. The first-order valence-electron chi connectivity index (χ1n) is 13.3. The summed E-state index contributed by atoms with van der Waals surface area (Å²) >= 11 is 0. The fraction of sp³-hybridized carbons (Fsp3) is 0.357. The van der Waals surface area contributed by atoms with Gasteiger partial charge in [-0.25, -0.2) is 0 Å². The average molecular weight is 545 g/mol. The number of carbonyl (C=O) groups excluding carboxylic acids is 2. The molecule has 1 aliphatic rings. The number of H-pyrrole nitrogens is 1. The molecule has 0 radical (unpaired) electrons. The molecule has 1 fully saturated rings. The van der Waals surface area contributed by atoms with Crippen LogP contribution in [0.25, 0.3) is 11.3 Å². The second kappa shape index (κ2) is 12.4. The predicted molar refractivity (Wildman–Crippen MR) is 147 cm³/mol. The summed E-state index contributed by atoms with van der Waals surface area (Å²) in [6.07, 6.45) is 5.03. The number of nitrogens with one attached hydrogen (secondary N) is 3. The minimum atomic E-state index is -0.868. The third kappa shape index (κ3) is 5.95. The molecule has 2 amide bonds. The van der Waals surface area contributed by atoms with E-state index in [-0.39, 0.29) is 17.7 Å². The van der Waals surface area contributed by atoms with Crippen LogP contribution in [0.1, 0.15) is 54.2 Å². The van der Waals surface area contributed by atoms with E-state index in [4.69, 9.17) is 14.6 Å². The van der Waals surface area contributed by atoms with E-state index < -0.39 is 17.9 Å². The molecule has 0 saturated heterocycles. The molecule has 1 saturated carbocycles. The van der Waals surface area contributed by atoms with Gasteiger partial charge in [-0.3, -0.25) is 19.6 Å². The standard InChI is InChI=1S/C28H32N8O4/c1-39-23-13-8-14-24(40-2)25(23)22-17-21(33-36(22)19-11-6-7-12-19)27(38)29-20(16-15-18-9-4-3-5-10-18)26(37)30-28-31-34-35-32-28/h3-5,8-10,13-14,17,19-20H,6-7,11-12,15-16H2,1-2H3,(H,29,38)(H2,30,31,32,34,35,37)/t20-/m0/s1. The normalized spacial score (nSPS) is 14.1. The summed E-state index contributed by atoms with van der Waals surface area (Å²) < 4.78 is 13.2. The van der Waals surface area contributed by atoms with Gasteiger partial charge in [0, 0.05) is 0 Å². The highest BCUT2D eigenvalue weighted by Gasteiger charge is 2.29. The minimum absolute atomic E-state index is 0.0278. The van der Waals surface area contributed by atoms with Gasteiger partial charge in [0.15, 0.2) is 5.69 Å². The van der Waals surface area contributed by atoms with E-state index >= 15 is 0 Å². The summed E-state index contributed by atoms with van der Waals surface area (Å²) in [6.45, 7) is 0. The maximum absolute atomic E-state index is 13.6. The van der Waals surface area contributed by atoms with Crippen molar-refractivity contribution in [2.45, 2.75) is 50.6 Å². The molecule has 0 unspecified atom stereocenters. The number of hydrogen-bond acceptors (Lipinski definition) is 8. The van der Waals surface area contributed by atoms with Crippen molar-refractivity contribution in [2.75, 3.05) is 19.5 Å². The zero-order chi connectivity index (χ0) is 27.9. The van der Waals surface area contributed by atoms with E-state index in [0.717, 1.165) is 42.5 Å². The highest BCUT2D eigenvalue weighted by Crippen LogP contribution is 2.41. The number of methoxy groups -OCH3 is 2. The molecule has 12 heteroatoms. The van der Waals surface area contributed by atoms with E-state index in [1.807, 2.05) is 53.2 Å². The Morgan fingerprint density at radius 3 is 2.42 bits per heavy atom. The van der Waals surface area contributed by atoms with Gasteiger partial charge < -0.3 is 14.8 Å². The van der Waals surface area contributed by atoms with Crippen LogP contribution in [-0.2, 0) is 11.2 Å². The molecule has 1 aliphatic carbocycles. The second-order valence-electron chi connectivity index (χ2n) is 9.61. The molecule has 3 N–H and O–H groups in total. The summed E-state index contributed by atoms with van der Waals surface area (Å²) in [5.41, 5.74) is 2.70. The molecule has 12 nitrogen and oxygen atoms in total. The van der Waals surface area contributed by atoms with Crippen LogP contribution in [0, 0.1) is 0 Å². The lowest BCUT2D eigenvalue weighted by atomic mass is 10.0. The van der Waals surface area contributed by atoms with E-state index in [2.05, 4.69) is 31.3 Å². The molecule has 4 aromatic rings. The summed E-state index contributed by atoms with van der Waals surface area (Å²) in [5.74, 6) is 0.345. The Kier molecular flexibility index (Phi) is 8.33. The SMILES string of the molecule is COc1cccc(OC)c1-c1cc(C(=O)N[C@@H](CCc2ccccc2)C(=O)Nc2nn[nH]n2)nn1C1CCCC1. The first-order chi connectivity index (χ1) is 19.6. The molecule has 0 aliphatic heterocycles. The lowest BCUT2D eigenvalue weighted by Gasteiger charge is -2.18. The number of tetrazole rings is 1. The van der Waals surface area contributed by atoms with Crippen LogP contribution in [0.3, 0.4) is 0 Å². The number of nitrogens with zero attached hydrogens (tertiary/aromatic N) is 5. The first kappa shape index (κ1) is 26.9. The largest absolute Gasteiger partial charge is 0.496 e. The van der Waals surface area contributed by atoms with Crippen molar-refractivity contribution >= 4 is 17.8 Å². The number of aromatic nitrogens is 6. The number of anilines is 1. The van der Waals surface area contributed by atoms with E-state index in [1.54, 1.807) is 20.3 Å². The summed E-state index contributed by atoms with van der Waals surface area (Å²) in [5, 5.41) is 23.6. The van der Waals surface area contributed by atoms with Gasteiger partial charge in [0.2, 0.25) is 5.91 Å².